The van der Waals surface area contributed by atoms with Crippen molar-refractivity contribution in [1.82, 2.24) is 15.1 Å². The summed E-state index contributed by atoms with van der Waals surface area (Å²) in [6.07, 6.45) is 7.36. The summed E-state index contributed by atoms with van der Waals surface area (Å²) in [5.41, 5.74) is -0.577. The van der Waals surface area contributed by atoms with Crippen molar-refractivity contribution in [3.8, 4) is 0 Å². The maximum atomic E-state index is 14.7. The number of amides is 3. The molecule has 0 aromatic heterocycles. The number of esters is 1. The summed E-state index contributed by atoms with van der Waals surface area (Å²) in [4.78, 5) is 60.0. The first-order valence-corrected chi connectivity index (χ1v) is 19.3. The van der Waals surface area contributed by atoms with Crippen LogP contribution < -0.4 is 5.32 Å². The Balaban J connectivity index is 1.71. The molecule has 0 radical (unpaired) electrons. The zero-order chi connectivity index (χ0) is 37.1. The second kappa shape index (κ2) is 19.1. The molecule has 2 N–H and O–H groups in total. The third kappa shape index (κ3) is 8.95. The van der Waals surface area contributed by atoms with Crippen molar-refractivity contribution < 1.29 is 38.5 Å². The summed E-state index contributed by atoms with van der Waals surface area (Å²) in [7, 11) is 1.51. The zero-order valence-electron chi connectivity index (χ0n) is 30.3. The fourth-order valence-electron chi connectivity index (χ4n) is 8.15. The minimum atomic E-state index is -1.24. The van der Waals surface area contributed by atoms with Crippen molar-refractivity contribution in [2.24, 2.45) is 11.8 Å². The van der Waals surface area contributed by atoms with Crippen LogP contribution in [0.3, 0.4) is 0 Å². The van der Waals surface area contributed by atoms with Crippen LogP contribution in [0.4, 0.5) is 0 Å². The van der Waals surface area contributed by atoms with Gasteiger partial charge >= 0.3 is 5.97 Å². The van der Waals surface area contributed by atoms with Gasteiger partial charge in [0.15, 0.2) is 0 Å². The Labute approximate surface area is 311 Å². The molecule has 2 unspecified atom stereocenters. The zero-order valence-corrected chi connectivity index (χ0v) is 31.9. The number of likely N-dealkylation sites (tertiary alicyclic amines) is 1. The summed E-state index contributed by atoms with van der Waals surface area (Å²) < 4.78 is 18.6. The molecular weight excluding hydrogens is 718 g/mol. The quantitative estimate of drug-likeness (QED) is 0.0738. The minimum absolute atomic E-state index is 0.0698. The number of hydrogen-bond acceptors (Lipinski definition) is 8. The lowest BCUT2D eigenvalue weighted by atomic mass is 9.70. The highest BCUT2D eigenvalue weighted by Crippen LogP contribution is 2.60. The van der Waals surface area contributed by atoms with E-state index in [0.29, 0.717) is 44.3 Å². The number of ether oxygens (including phenoxy) is 3. The molecule has 1 spiro atoms. The molecule has 0 aliphatic carbocycles. The molecule has 12 heteroatoms. The Morgan fingerprint density at radius 1 is 1.18 bits per heavy atom. The molecule has 1 aromatic rings. The van der Waals surface area contributed by atoms with Gasteiger partial charge in [-0.05, 0) is 44.6 Å². The van der Waals surface area contributed by atoms with Crippen molar-refractivity contribution in [3.63, 3.8) is 0 Å². The first-order chi connectivity index (χ1) is 24.6. The number of carbonyl (C=O) groups excluding carboxylic acids is 4. The average molecular weight is 775 g/mol. The number of alkyl halides is 1. The van der Waals surface area contributed by atoms with E-state index in [1.165, 1.54) is 7.11 Å². The lowest BCUT2D eigenvalue weighted by molar-refractivity contribution is -0.163. The second-order valence-electron chi connectivity index (χ2n) is 14.0. The van der Waals surface area contributed by atoms with Crippen LogP contribution >= 0.6 is 15.9 Å². The highest BCUT2D eigenvalue weighted by molar-refractivity contribution is 9.09. The number of nitrogens with one attached hydrogen (secondary N) is 1. The van der Waals surface area contributed by atoms with Crippen molar-refractivity contribution in [3.05, 3.63) is 61.2 Å². The maximum Gasteiger partial charge on any atom is 0.313 e. The molecule has 1 aromatic carbocycles. The molecule has 3 saturated heterocycles. The minimum Gasteiger partial charge on any atom is -0.455 e. The van der Waals surface area contributed by atoms with Crippen LogP contribution in [0.5, 0.6) is 0 Å². The highest BCUT2D eigenvalue weighted by Gasteiger charge is 2.77. The van der Waals surface area contributed by atoms with Crippen LogP contribution in [0.25, 0.3) is 0 Å². The van der Waals surface area contributed by atoms with E-state index in [4.69, 9.17) is 14.2 Å². The van der Waals surface area contributed by atoms with Gasteiger partial charge in [-0.2, -0.15) is 0 Å². The fraction of sp³-hybridized carbons (Fsp3) is 0.641. The predicted molar refractivity (Wildman–Crippen MR) is 198 cm³/mol. The Kier molecular flexibility index (Phi) is 15.3. The first kappa shape index (κ1) is 40.7. The molecule has 282 valence electrons. The first-order valence-electron chi connectivity index (χ1n) is 18.4. The smallest absolute Gasteiger partial charge is 0.313 e. The van der Waals surface area contributed by atoms with E-state index >= 15 is 0 Å². The van der Waals surface area contributed by atoms with Gasteiger partial charge < -0.3 is 34.4 Å². The van der Waals surface area contributed by atoms with Crippen LogP contribution in [0.1, 0.15) is 83.3 Å². The number of halogens is 1. The normalized spacial score (nSPS) is 26.6. The van der Waals surface area contributed by atoms with Gasteiger partial charge in [0, 0.05) is 44.1 Å². The van der Waals surface area contributed by atoms with E-state index in [2.05, 4.69) is 41.3 Å². The third-order valence-electron chi connectivity index (χ3n) is 10.5. The van der Waals surface area contributed by atoms with Crippen LogP contribution in [-0.2, 0) is 33.4 Å². The molecule has 4 rings (SSSR count). The standard InChI is InChI=1S/C39H56BrN3O8/c1-6-9-20-30(45)41-29(25-49-5)33(27-18-13-12-14-19-27)50-38(48)31-32-36(46)43(22-15-10-11-16-23-44)35(39(32)24-28(40)34(31)51-39)37(47)42(21-8-3)26(4)17-7-2/h6,8,12-14,18-19,26,28-29,31-35,44H,1,3,7,9-11,15-17,20-25H2,2,4-5H3,(H,41,45)/t26?,28?,29-,31+,32-,33-,34+,35+,39-/m0/s1. The molecule has 3 heterocycles. The van der Waals surface area contributed by atoms with Gasteiger partial charge in [-0.1, -0.05) is 84.6 Å². The molecule has 3 aliphatic heterocycles. The Morgan fingerprint density at radius 2 is 1.90 bits per heavy atom. The number of benzene rings is 1. The predicted octanol–water partition coefficient (Wildman–Crippen LogP) is 4.87. The molecular formula is C39H56BrN3O8. The molecule has 2 bridgehead atoms. The molecule has 11 nitrogen and oxygen atoms in total. The third-order valence-corrected chi connectivity index (χ3v) is 11.3. The van der Waals surface area contributed by atoms with Gasteiger partial charge in [0.25, 0.3) is 0 Å². The average Bonchev–Trinajstić information content (AvgIpc) is 3.71. The number of carbonyl (C=O) groups is 4. The van der Waals surface area contributed by atoms with Crippen LogP contribution in [-0.4, -0.2) is 107 Å². The van der Waals surface area contributed by atoms with E-state index in [-0.39, 0.29) is 48.2 Å². The summed E-state index contributed by atoms with van der Waals surface area (Å²) in [6.45, 7) is 12.5. The van der Waals surface area contributed by atoms with Crippen molar-refractivity contribution in [2.75, 3.05) is 33.4 Å². The lowest BCUT2D eigenvalue weighted by Gasteiger charge is -2.39. The molecule has 3 fully saturated rings. The largest absolute Gasteiger partial charge is 0.455 e. The molecule has 3 amide bonds. The van der Waals surface area contributed by atoms with E-state index in [1.807, 2.05) is 37.3 Å². The maximum absolute atomic E-state index is 14.7. The van der Waals surface area contributed by atoms with E-state index in [1.54, 1.807) is 22.0 Å². The monoisotopic (exact) mass is 773 g/mol. The van der Waals surface area contributed by atoms with Crippen LogP contribution in [0, 0.1) is 11.8 Å². The van der Waals surface area contributed by atoms with Gasteiger partial charge in [0.1, 0.15) is 17.7 Å². The summed E-state index contributed by atoms with van der Waals surface area (Å²) in [6, 6.07) is 7.41. The van der Waals surface area contributed by atoms with Gasteiger partial charge in [-0.3, -0.25) is 19.2 Å². The summed E-state index contributed by atoms with van der Waals surface area (Å²) >= 11 is 3.76. The highest BCUT2D eigenvalue weighted by atomic mass is 79.9. The number of rotatable bonds is 22. The number of methoxy groups -OCH3 is 1. The lowest BCUT2D eigenvalue weighted by Crippen LogP contribution is -2.58. The molecule has 3 aliphatic rings. The van der Waals surface area contributed by atoms with Crippen LogP contribution in [0.15, 0.2) is 55.6 Å². The van der Waals surface area contributed by atoms with Gasteiger partial charge in [-0.25, -0.2) is 0 Å². The topological polar surface area (TPSA) is 135 Å². The van der Waals surface area contributed by atoms with Crippen molar-refractivity contribution in [1.29, 1.82) is 0 Å². The van der Waals surface area contributed by atoms with Gasteiger partial charge in [0.2, 0.25) is 17.7 Å². The Hall–Kier alpha value is -3.06. The Bertz CT molecular complexity index is 1360. The Morgan fingerprint density at radius 3 is 2.55 bits per heavy atom. The number of aliphatic hydroxyl groups excluding tert-OH is 1. The molecule has 0 saturated carbocycles. The van der Waals surface area contributed by atoms with Gasteiger partial charge in [-0.15, -0.1) is 13.2 Å². The van der Waals surface area contributed by atoms with E-state index in [9.17, 15) is 24.3 Å². The molecule has 9 atom stereocenters. The van der Waals surface area contributed by atoms with Crippen molar-refractivity contribution >= 4 is 39.6 Å². The number of hydrogen-bond donors (Lipinski definition) is 2. The van der Waals surface area contributed by atoms with Crippen LogP contribution in [0.2, 0.25) is 0 Å². The molecule has 51 heavy (non-hydrogen) atoms. The number of fused-ring (bicyclic) bond motifs is 1. The van der Waals surface area contributed by atoms with E-state index in [0.717, 1.165) is 25.7 Å². The number of unbranched alkanes of at least 4 members (excludes halogenated alkanes) is 3. The van der Waals surface area contributed by atoms with E-state index < -0.39 is 47.7 Å². The van der Waals surface area contributed by atoms with Crippen molar-refractivity contribution in [2.45, 2.75) is 112 Å². The number of nitrogens with zero attached hydrogens (tertiary/aromatic N) is 2. The van der Waals surface area contributed by atoms with Gasteiger partial charge in [0.05, 0.1) is 30.6 Å². The number of allylic oxidation sites excluding steroid dienone is 1. The number of aliphatic hydroxyl groups is 1. The fourth-order valence-corrected chi connectivity index (χ4v) is 9.09. The summed E-state index contributed by atoms with van der Waals surface area (Å²) in [5, 5.41) is 12.3. The summed E-state index contributed by atoms with van der Waals surface area (Å²) in [5.74, 6) is -3.28. The SMILES string of the molecule is C=CCCC(=O)N[C@@H](COC)[C@@H](OC(=O)[C@H]1[C@@H]2O[C@@]3(CC2Br)[C@@H]1C(=O)N(CCCCCCO)[C@@H]3C(=O)N(CC=C)C(C)CCC)c1ccccc1. The second-order valence-corrected chi connectivity index (χ2v) is 15.2.